The number of aromatic nitrogens is 2. The van der Waals surface area contributed by atoms with Gasteiger partial charge in [-0.15, -0.1) is 11.6 Å². The van der Waals surface area contributed by atoms with Crippen molar-refractivity contribution in [2.75, 3.05) is 0 Å². The maximum Gasteiger partial charge on any atom is 0.419 e. The fourth-order valence-electron chi connectivity index (χ4n) is 1.39. The molecule has 1 aromatic carbocycles. The number of alkyl halides is 4. The number of rotatable bonds is 2. The molecular weight excluding hydrogens is 288 g/mol. The van der Waals surface area contributed by atoms with Crippen molar-refractivity contribution in [1.29, 1.82) is 0 Å². The zero-order valence-corrected chi connectivity index (χ0v) is 10.3. The Hall–Kier alpha value is -1.63. The highest BCUT2D eigenvalue weighted by atomic mass is 35.5. The third kappa shape index (κ3) is 2.86. The van der Waals surface area contributed by atoms with Gasteiger partial charge < -0.3 is 4.52 Å². The Labute approximate surface area is 110 Å². The highest BCUT2D eigenvalue weighted by Crippen LogP contribution is 2.34. The summed E-state index contributed by atoms with van der Waals surface area (Å²) in [6.45, 7) is 1.59. The molecule has 0 aliphatic rings. The summed E-state index contributed by atoms with van der Waals surface area (Å²) in [4.78, 5) is 3.83. The van der Waals surface area contributed by atoms with E-state index in [1.165, 1.54) is 0 Å². The SMILES string of the molecule is CC(Cl)c1noc(-c2ccc(F)c(C(F)(F)F)c2)n1. The van der Waals surface area contributed by atoms with Gasteiger partial charge >= 0.3 is 6.18 Å². The molecule has 0 saturated carbocycles. The molecule has 102 valence electrons. The zero-order chi connectivity index (χ0) is 14.2. The molecule has 1 unspecified atom stereocenters. The Morgan fingerprint density at radius 2 is 2.00 bits per heavy atom. The van der Waals surface area contributed by atoms with Crippen LogP contribution in [-0.2, 0) is 6.18 Å². The van der Waals surface area contributed by atoms with E-state index in [0.717, 1.165) is 6.07 Å². The van der Waals surface area contributed by atoms with Crippen molar-refractivity contribution in [1.82, 2.24) is 10.1 Å². The molecule has 0 aliphatic carbocycles. The Morgan fingerprint density at radius 3 is 2.53 bits per heavy atom. The minimum atomic E-state index is -4.79. The van der Waals surface area contributed by atoms with Crippen LogP contribution < -0.4 is 0 Å². The van der Waals surface area contributed by atoms with E-state index in [9.17, 15) is 17.6 Å². The molecule has 1 heterocycles. The number of nitrogens with zero attached hydrogens (tertiary/aromatic N) is 2. The largest absolute Gasteiger partial charge is 0.419 e. The standard InChI is InChI=1S/C11H7ClF4N2O/c1-5(12)9-17-10(19-18-9)6-2-3-8(13)7(4-6)11(14,15)16/h2-5H,1H3. The van der Waals surface area contributed by atoms with Crippen molar-refractivity contribution < 1.29 is 22.1 Å². The van der Waals surface area contributed by atoms with E-state index in [1.807, 2.05) is 0 Å². The summed E-state index contributed by atoms with van der Waals surface area (Å²) in [5, 5.41) is 2.97. The van der Waals surface area contributed by atoms with Crippen LogP contribution in [0.5, 0.6) is 0 Å². The Balaban J connectivity index is 2.45. The van der Waals surface area contributed by atoms with Gasteiger partial charge in [-0.3, -0.25) is 0 Å². The van der Waals surface area contributed by atoms with E-state index in [4.69, 9.17) is 16.1 Å². The first-order chi connectivity index (χ1) is 8.79. The van der Waals surface area contributed by atoms with Gasteiger partial charge in [0.25, 0.3) is 5.89 Å². The second-order valence-corrected chi connectivity index (χ2v) is 4.42. The van der Waals surface area contributed by atoms with Crippen LogP contribution in [-0.4, -0.2) is 10.1 Å². The van der Waals surface area contributed by atoms with Gasteiger partial charge in [0.15, 0.2) is 5.82 Å². The van der Waals surface area contributed by atoms with Crippen LogP contribution in [0.2, 0.25) is 0 Å². The molecule has 1 atom stereocenters. The van der Waals surface area contributed by atoms with Crippen LogP contribution in [0.4, 0.5) is 17.6 Å². The van der Waals surface area contributed by atoms with E-state index in [2.05, 4.69) is 10.1 Å². The summed E-state index contributed by atoms with van der Waals surface area (Å²) in [6.07, 6.45) is -4.79. The van der Waals surface area contributed by atoms with Gasteiger partial charge in [0.05, 0.1) is 10.9 Å². The summed E-state index contributed by atoms with van der Waals surface area (Å²) in [6, 6.07) is 2.44. The molecule has 0 amide bonds. The molecule has 8 heteroatoms. The van der Waals surface area contributed by atoms with Crippen LogP contribution in [0.15, 0.2) is 22.7 Å². The van der Waals surface area contributed by atoms with E-state index >= 15 is 0 Å². The van der Waals surface area contributed by atoms with Crippen molar-refractivity contribution in [3.8, 4) is 11.5 Å². The van der Waals surface area contributed by atoms with Gasteiger partial charge in [-0.05, 0) is 25.1 Å². The van der Waals surface area contributed by atoms with Crippen molar-refractivity contribution >= 4 is 11.6 Å². The summed E-state index contributed by atoms with van der Waals surface area (Å²) in [5.41, 5.74) is -1.41. The van der Waals surface area contributed by atoms with Gasteiger partial charge in [-0.2, -0.15) is 18.2 Å². The third-order valence-electron chi connectivity index (χ3n) is 2.32. The fourth-order valence-corrected chi connectivity index (χ4v) is 1.48. The first kappa shape index (κ1) is 13.8. The molecule has 0 radical (unpaired) electrons. The van der Waals surface area contributed by atoms with Gasteiger partial charge in [0.1, 0.15) is 5.82 Å². The van der Waals surface area contributed by atoms with Gasteiger partial charge in [0.2, 0.25) is 0 Å². The Kier molecular flexibility index (Phi) is 3.49. The van der Waals surface area contributed by atoms with Crippen LogP contribution >= 0.6 is 11.6 Å². The first-order valence-electron chi connectivity index (χ1n) is 5.14. The minimum absolute atomic E-state index is 0.0233. The van der Waals surface area contributed by atoms with Crippen molar-refractivity contribution in [3.05, 3.63) is 35.4 Å². The second kappa shape index (κ2) is 4.80. The molecule has 0 fully saturated rings. The van der Waals surface area contributed by atoms with Crippen LogP contribution in [0, 0.1) is 5.82 Å². The fraction of sp³-hybridized carbons (Fsp3) is 0.273. The van der Waals surface area contributed by atoms with E-state index < -0.39 is 22.9 Å². The lowest BCUT2D eigenvalue weighted by Gasteiger charge is -2.08. The van der Waals surface area contributed by atoms with Gasteiger partial charge in [-0.1, -0.05) is 5.16 Å². The molecule has 2 aromatic rings. The number of hydrogen-bond acceptors (Lipinski definition) is 3. The number of benzene rings is 1. The molecule has 2 rings (SSSR count). The van der Waals surface area contributed by atoms with Crippen molar-refractivity contribution in [2.24, 2.45) is 0 Å². The molecule has 19 heavy (non-hydrogen) atoms. The van der Waals surface area contributed by atoms with Crippen LogP contribution in [0.25, 0.3) is 11.5 Å². The number of hydrogen-bond donors (Lipinski definition) is 0. The maximum atomic E-state index is 13.1. The molecule has 0 aliphatic heterocycles. The maximum absolute atomic E-state index is 13.1. The van der Waals surface area contributed by atoms with E-state index in [-0.39, 0.29) is 17.3 Å². The number of halogens is 5. The lowest BCUT2D eigenvalue weighted by molar-refractivity contribution is -0.139. The summed E-state index contributed by atoms with van der Waals surface area (Å²) in [7, 11) is 0. The normalized spacial score (nSPS) is 13.6. The topological polar surface area (TPSA) is 38.9 Å². The second-order valence-electron chi connectivity index (χ2n) is 3.77. The third-order valence-corrected chi connectivity index (χ3v) is 2.51. The van der Waals surface area contributed by atoms with Crippen LogP contribution in [0.3, 0.4) is 0 Å². The summed E-state index contributed by atoms with van der Waals surface area (Å²) >= 11 is 5.71. The molecule has 0 bridgehead atoms. The van der Waals surface area contributed by atoms with E-state index in [0.29, 0.717) is 12.1 Å². The smallest absolute Gasteiger partial charge is 0.334 e. The van der Waals surface area contributed by atoms with Gasteiger partial charge in [-0.25, -0.2) is 4.39 Å². The monoisotopic (exact) mass is 294 g/mol. The highest BCUT2D eigenvalue weighted by molar-refractivity contribution is 6.20. The Morgan fingerprint density at radius 1 is 1.32 bits per heavy atom. The molecule has 0 saturated heterocycles. The Bertz CT molecular complexity index is 595. The van der Waals surface area contributed by atoms with E-state index in [1.54, 1.807) is 6.92 Å². The molecule has 1 aromatic heterocycles. The molecule has 0 N–H and O–H groups in total. The quantitative estimate of drug-likeness (QED) is 0.615. The molecule has 0 spiro atoms. The predicted molar refractivity (Wildman–Crippen MR) is 59.0 cm³/mol. The highest BCUT2D eigenvalue weighted by Gasteiger charge is 2.34. The van der Waals surface area contributed by atoms with Crippen molar-refractivity contribution in [3.63, 3.8) is 0 Å². The summed E-state index contributed by atoms with van der Waals surface area (Å²) in [5.74, 6) is -1.36. The lowest BCUT2D eigenvalue weighted by Crippen LogP contribution is -2.08. The molecular formula is C11H7ClF4N2O. The zero-order valence-electron chi connectivity index (χ0n) is 9.50. The first-order valence-corrected chi connectivity index (χ1v) is 5.57. The summed E-state index contributed by atoms with van der Waals surface area (Å²) < 4.78 is 55.5. The minimum Gasteiger partial charge on any atom is -0.334 e. The van der Waals surface area contributed by atoms with Crippen molar-refractivity contribution in [2.45, 2.75) is 18.5 Å². The molecule has 3 nitrogen and oxygen atoms in total. The lowest BCUT2D eigenvalue weighted by atomic mass is 10.1. The van der Waals surface area contributed by atoms with Crippen LogP contribution in [0.1, 0.15) is 23.7 Å². The average Bonchev–Trinajstić information content (AvgIpc) is 2.77. The predicted octanol–water partition coefficient (Wildman–Crippen LogP) is 4.19. The average molecular weight is 295 g/mol. The van der Waals surface area contributed by atoms with Gasteiger partial charge in [0, 0.05) is 5.56 Å².